The minimum atomic E-state index is 0.963. The zero-order valence-electron chi connectivity index (χ0n) is 9.65. The maximum absolute atomic E-state index is 3.44. The Bertz CT molecular complexity index is 403. The first-order valence-corrected chi connectivity index (χ1v) is 6.70. The highest BCUT2D eigenvalue weighted by molar-refractivity contribution is 7.07. The maximum atomic E-state index is 3.44. The maximum Gasteiger partial charge on any atom is 0.0481 e. The van der Waals surface area contributed by atoms with Crippen LogP contribution in [0.3, 0.4) is 0 Å². The molecule has 0 atom stereocenters. The molecule has 0 bridgehead atoms. The van der Waals surface area contributed by atoms with Gasteiger partial charge in [0.2, 0.25) is 0 Å². The number of hydrogen-bond donors (Lipinski definition) is 1. The molecule has 1 N–H and O–H groups in total. The van der Waals surface area contributed by atoms with Crippen molar-refractivity contribution >= 4 is 11.3 Å². The molecule has 0 saturated carbocycles. The second kappa shape index (κ2) is 5.87. The largest absolute Gasteiger partial charge is 0.346 e. The summed E-state index contributed by atoms with van der Waals surface area (Å²) in [6, 6.07) is 6.50. The van der Waals surface area contributed by atoms with Crippen molar-refractivity contribution in [2.45, 2.75) is 26.4 Å². The summed E-state index contributed by atoms with van der Waals surface area (Å²) in [5, 5.41) is 7.78. The molecule has 2 aromatic heterocycles. The third kappa shape index (κ3) is 2.97. The molecule has 2 aromatic rings. The van der Waals surface area contributed by atoms with Crippen LogP contribution in [-0.4, -0.2) is 11.1 Å². The van der Waals surface area contributed by atoms with Gasteiger partial charge in [-0.25, -0.2) is 0 Å². The van der Waals surface area contributed by atoms with Crippen LogP contribution in [0.5, 0.6) is 0 Å². The normalized spacial score (nSPS) is 10.8. The molecule has 2 heterocycles. The molecule has 0 aromatic carbocycles. The summed E-state index contributed by atoms with van der Waals surface area (Å²) < 4.78 is 2.31. The molecule has 0 saturated heterocycles. The Kier molecular flexibility index (Phi) is 4.19. The molecular formula is C13H18N2S. The summed E-state index contributed by atoms with van der Waals surface area (Å²) in [6.07, 6.45) is 3.34. The second-order valence-corrected chi connectivity index (χ2v) is 4.72. The van der Waals surface area contributed by atoms with Gasteiger partial charge in [-0.15, -0.1) is 0 Å². The molecule has 2 rings (SSSR count). The quantitative estimate of drug-likeness (QED) is 0.760. The van der Waals surface area contributed by atoms with Gasteiger partial charge < -0.3 is 9.88 Å². The highest BCUT2D eigenvalue weighted by Gasteiger charge is 2.01. The Morgan fingerprint density at radius 1 is 1.38 bits per heavy atom. The molecule has 16 heavy (non-hydrogen) atoms. The van der Waals surface area contributed by atoms with E-state index in [1.165, 1.54) is 17.7 Å². The van der Waals surface area contributed by atoms with Gasteiger partial charge in [-0.05, 0) is 47.5 Å². The monoisotopic (exact) mass is 234 g/mol. The van der Waals surface area contributed by atoms with Gasteiger partial charge in [-0.2, -0.15) is 11.3 Å². The average molecular weight is 234 g/mol. The van der Waals surface area contributed by atoms with E-state index in [2.05, 4.69) is 52.0 Å². The molecule has 86 valence electrons. The number of thiophene rings is 1. The number of aromatic nitrogens is 1. The van der Waals surface area contributed by atoms with E-state index in [0.717, 1.165) is 19.6 Å². The molecule has 0 aliphatic heterocycles. The van der Waals surface area contributed by atoms with Crippen LogP contribution in [0.15, 0.2) is 35.2 Å². The van der Waals surface area contributed by atoms with Gasteiger partial charge in [-0.1, -0.05) is 6.92 Å². The van der Waals surface area contributed by atoms with Crippen molar-refractivity contribution in [2.24, 2.45) is 0 Å². The lowest BCUT2D eigenvalue weighted by molar-refractivity contribution is 0.630. The molecule has 0 spiro atoms. The van der Waals surface area contributed by atoms with Crippen molar-refractivity contribution in [3.05, 3.63) is 46.4 Å². The minimum Gasteiger partial charge on any atom is -0.346 e. The number of nitrogens with one attached hydrogen (secondary N) is 1. The van der Waals surface area contributed by atoms with E-state index in [-0.39, 0.29) is 0 Å². The van der Waals surface area contributed by atoms with Gasteiger partial charge in [-0.3, -0.25) is 0 Å². The fourth-order valence-corrected chi connectivity index (χ4v) is 2.40. The van der Waals surface area contributed by atoms with Gasteiger partial charge in [0.1, 0.15) is 0 Å². The number of nitrogens with zero attached hydrogens (tertiary/aromatic N) is 1. The van der Waals surface area contributed by atoms with Gasteiger partial charge >= 0.3 is 0 Å². The molecule has 3 heteroatoms. The van der Waals surface area contributed by atoms with Crippen LogP contribution in [-0.2, 0) is 13.1 Å². The summed E-state index contributed by atoms with van der Waals surface area (Å²) >= 11 is 1.76. The standard InChI is InChI=1S/C13H18N2S/c1-2-6-14-9-13-4-3-7-15(13)10-12-5-8-16-11-12/h3-5,7-8,11,14H,2,6,9-10H2,1H3. The lowest BCUT2D eigenvalue weighted by atomic mass is 10.3. The van der Waals surface area contributed by atoms with Crippen LogP contribution in [0.1, 0.15) is 24.6 Å². The SMILES string of the molecule is CCCNCc1cccn1Cc1ccsc1. The molecule has 2 nitrogen and oxygen atoms in total. The average Bonchev–Trinajstić information content (AvgIpc) is 2.92. The summed E-state index contributed by atoms with van der Waals surface area (Å²) in [7, 11) is 0. The minimum absolute atomic E-state index is 0.963. The fraction of sp³-hybridized carbons (Fsp3) is 0.385. The Morgan fingerprint density at radius 2 is 2.31 bits per heavy atom. The third-order valence-corrected chi connectivity index (χ3v) is 3.32. The first-order chi connectivity index (χ1) is 7.90. The van der Waals surface area contributed by atoms with E-state index in [0.29, 0.717) is 0 Å². The predicted molar refractivity (Wildman–Crippen MR) is 69.9 cm³/mol. The zero-order valence-corrected chi connectivity index (χ0v) is 10.5. The van der Waals surface area contributed by atoms with Gasteiger partial charge in [0.05, 0.1) is 0 Å². The molecule has 0 aliphatic rings. The lowest BCUT2D eigenvalue weighted by Gasteiger charge is -2.08. The van der Waals surface area contributed by atoms with Crippen LogP contribution < -0.4 is 5.32 Å². The van der Waals surface area contributed by atoms with Crippen molar-refractivity contribution in [1.82, 2.24) is 9.88 Å². The summed E-state index contributed by atoms with van der Waals surface area (Å²) in [5.74, 6) is 0. The van der Waals surface area contributed by atoms with Crippen molar-refractivity contribution in [3.8, 4) is 0 Å². The smallest absolute Gasteiger partial charge is 0.0481 e. The Morgan fingerprint density at radius 3 is 3.06 bits per heavy atom. The second-order valence-electron chi connectivity index (χ2n) is 3.94. The van der Waals surface area contributed by atoms with E-state index in [1.54, 1.807) is 11.3 Å². The Hall–Kier alpha value is -1.06. The summed E-state index contributed by atoms with van der Waals surface area (Å²) in [6.45, 7) is 5.23. The molecule has 0 aliphatic carbocycles. The van der Waals surface area contributed by atoms with Gasteiger partial charge in [0.25, 0.3) is 0 Å². The molecule has 0 amide bonds. The molecule has 0 radical (unpaired) electrons. The number of rotatable bonds is 6. The van der Waals surface area contributed by atoms with Crippen LogP contribution in [0.4, 0.5) is 0 Å². The van der Waals surface area contributed by atoms with E-state index < -0.39 is 0 Å². The van der Waals surface area contributed by atoms with Crippen molar-refractivity contribution < 1.29 is 0 Å². The molecule has 0 unspecified atom stereocenters. The predicted octanol–water partition coefficient (Wildman–Crippen LogP) is 3.10. The number of hydrogen-bond acceptors (Lipinski definition) is 2. The van der Waals surface area contributed by atoms with E-state index >= 15 is 0 Å². The van der Waals surface area contributed by atoms with Crippen molar-refractivity contribution in [1.29, 1.82) is 0 Å². The van der Waals surface area contributed by atoms with E-state index in [9.17, 15) is 0 Å². The topological polar surface area (TPSA) is 17.0 Å². The first-order valence-electron chi connectivity index (χ1n) is 5.76. The summed E-state index contributed by atoms with van der Waals surface area (Å²) in [5.41, 5.74) is 2.75. The highest BCUT2D eigenvalue weighted by atomic mass is 32.1. The Labute approximate surface area is 101 Å². The highest BCUT2D eigenvalue weighted by Crippen LogP contribution is 2.10. The van der Waals surface area contributed by atoms with Crippen LogP contribution >= 0.6 is 11.3 Å². The fourth-order valence-electron chi connectivity index (χ4n) is 1.74. The van der Waals surface area contributed by atoms with E-state index in [4.69, 9.17) is 0 Å². The van der Waals surface area contributed by atoms with E-state index in [1.807, 2.05) is 0 Å². The molecular weight excluding hydrogens is 216 g/mol. The van der Waals surface area contributed by atoms with Gasteiger partial charge in [0.15, 0.2) is 0 Å². The van der Waals surface area contributed by atoms with Crippen LogP contribution in [0, 0.1) is 0 Å². The van der Waals surface area contributed by atoms with Crippen LogP contribution in [0.2, 0.25) is 0 Å². The first kappa shape index (κ1) is 11.4. The summed E-state index contributed by atoms with van der Waals surface area (Å²) in [4.78, 5) is 0. The van der Waals surface area contributed by atoms with Crippen molar-refractivity contribution in [2.75, 3.05) is 6.54 Å². The zero-order chi connectivity index (χ0) is 11.2. The van der Waals surface area contributed by atoms with Crippen molar-refractivity contribution in [3.63, 3.8) is 0 Å². The van der Waals surface area contributed by atoms with Gasteiger partial charge in [0, 0.05) is 25.0 Å². The van der Waals surface area contributed by atoms with Crippen LogP contribution in [0.25, 0.3) is 0 Å². The molecule has 0 fully saturated rings. The Balaban J connectivity index is 1.96. The third-order valence-electron chi connectivity index (χ3n) is 2.59. The lowest BCUT2D eigenvalue weighted by Crippen LogP contribution is -2.16.